The van der Waals surface area contributed by atoms with Crippen molar-refractivity contribution >= 4 is 35.0 Å². The van der Waals surface area contributed by atoms with Crippen molar-refractivity contribution in [2.24, 2.45) is 0 Å². The standard InChI is InChI=1S/C25H25ClN4O5/c1-14-18(15(2)28-20(14)25(34)35-3)22(31)19-21(16-6-4-7-17(26)12-16)30(24(33)23(19)32)10-5-9-29-11-8-27-13-29/h4,6-8,11-13,21,28,31H,5,9-10H2,1-3H3/t21-/m1/s1. The number of hydrogen-bond acceptors (Lipinski definition) is 6. The van der Waals surface area contributed by atoms with Gasteiger partial charge in [0.1, 0.15) is 11.5 Å². The van der Waals surface area contributed by atoms with Crippen LogP contribution in [-0.2, 0) is 20.9 Å². The number of halogens is 1. The molecule has 1 saturated heterocycles. The number of nitrogens with zero attached hydrogens (tertiary/aromatic N) is 3. The molecule has 182 valence electrons. The number of nitrogens with one attached hydrogen (secondary N) is 1. The summed E-state index contributed by atoms with van der Waals surface area (Å²) >= 11 is 6.23. The molecule has 1 amide bonds. The summed E-state index contributed by atoms with van der Waals surface area (Å²) in [5.41, 5.74) is 1.88. The summed E-state index contributed by atoms with van der Waals surface area (Å²) in [6.45, 7) is 4.18. The monoisotopic (exact) mass is 496 g/mol. The third kappa shape index (κ3) is 4.46. The lowest BCUT2D eigenvalue weighted by molar-refractivity contribution is -0.139. The van der Waals surface area contributed by atoms with Gasteiger partial charge < -0.3 is 24.3 Å². The maximum Gasteiger partial charge on any atom is 0.354 e. The molecule has 1 aromatic carbocycles. The fourth-order valence-electron chi connectivity index (χ4n) is 4.52. The van der Waals surface area contributed by atoms with Gasteiger partial charge in [0, 0.05) is 41.8 Å². The van der Waals surface area contributed by atoms with E-state index in [0.29, 0.717) is 34.8 Å². The van der Waals surface area contributed by atoms with Crippen molar-refractivity contribution < 1.29 is 24.2 Å². The van der Waals surface area contributed by atoms with E-state index >= 15 is 0 Å². The molecule has 1 atom stereocenters. The minimum Gasteiger partial charge on any atom is -0.507 e. The number of Topliss-reactive ketones (excluding diaryl/α,β-unsaturated/α-hetero) is 1. The molecule has 2 N–H and O–H groups in total. The molecule has 1 aliphatic heterocycles. The summed E-state index contributed by atoms with van der Waals surface area (Å²) < 4.78 is 6.69. The lowest BCUT2D eigenvalue weighted by Gasteiger charge is -2.25. The molecular weight excluding hydrogens is 472 g/mol. The molecule has 0 aliphatic carbocycles. The van der Waals surface area contributed by atoms with Gasteiger partial charge in [-0.1, -0.05) is 23.7 Å². The molecule has 1 aliphatic rings. The van der Waals surface area contributed by atoms with Crippen LogP contribution in [0.15, 0.2) is 48.6 Å². The minimum atomic E-state index is -0.841. The third-order valence-corrected chi connectivity index (χ3v) is 6.38. The zero-order valence-electron chi connectivity index (χ0n) is 19.5. The van der Waals surface area contributed by atoms with Crippen molar-refractivity contribution in [2.45, 2.75) is 32.9 Å². The highest BCUT2D eigenvalue weighted by Gasteiger charge is 2.46. The van der Waals surface area contributed by atoms with Gasteiger partial charge in [0.15, 0.2) is 0 Å². The number of aryl methyl sites for hydroxylation is 2. The number of H-pyrrole nitrogens is 1. The van der Waals surface area contributed by atoms with Crippen LogP contribution < -0.4 is 0 Å². The van der Waals surface area contributed by atoms with Crippen molar-refractivity contribution in [3.05, 3.63) is 81.7 Å². The summed E-state index contributed by atoms with van der Waals surface area (Å²) in [4.78, 5) is 46.9. The maximum atomic E-state index is 13.3. The Morgan fingerprint density at radius 3 is 2.69 bits per heavy atom. The number of benzene rings is 1. The van der Waals surface area contributed by atoms with Gasteiger partial charge in [-0.2, -0.15) is 0 Å². The van der Waals surface area contributed by atoms with Crippen LogP contribution in [0.4, 0.5) is 0 Å². The largest absolute Gasteiger partial charge is 0.507 e. The van der Waals surface area contributed by atoms with Crippen molar-refractivity contribution in [1.29, 1.82) is 0 Å². The van der Waals surface area contributed by atoms with Crippen molar-refractivity contribution in [3.63, 3.8) is 0 Å². The number of carbonyl (C=O) groups is 3. The number of carbonyl (C=O) groups excluding carboxylic acids is 3. The number of esters is 1. The Labute approximate surface area is 207 Å². The van der Waals surface area contributed by atoms with Crippen LogP contribution in [0.2, 0.25) is 5.02 Å². The number of aromatic nitrogens is 3. The van der Waals surface area contributed by atoms with Crippen molar-refractivity contribution in [1.82, 2.24) is 19.4 Å². The van der Waals surface area contributed by atoms with E-state index < -0.39 is 23.7 Å². The molecule has 0 saturated carbocycles. The molecule has 0 radical (unpaired) electrons. The lowest BCUT2D eigenvalue weighted by Crippen LogP contribution is -2.31. The van der Waals surface area contributed by atoms with E-state index in [1.807, 2.05) is 10.8 Å². The van der Waals surface area contributed by atoms with Gasteiger partial charge >= 0.3 is 5.97 Å². The number of ether oxygens (including phenoxy) is 1. The second-order valence-corrected chi connectivity index (χ2v) is 8.75. The highest BCUT2D eigenvalue weighted by Crippen LogP contribution is 2.41. The summed E-state index contributed by atoms with van der Waals surface area (Å²) in [6, 6.07) is 6.01. The normalized spacial score (nSPS) is 17.3. The Bertz CT molecular complexity index is 1330. The molecule has 9 nitrogen and oxygen atoms in total. The SMILES string of the molecule is COC(=O)c1[nH]c(C)c(C(O)=C2C(=O)C(=O)N(CCCn3ccnc3)[C@@H]2c2cccc(Cl)c2)c1C. The number of aliphatic hydroxyl groups is 1. The molecule has 2 aromatic heterocycles. The summed E-state index contributed by atoms with van der Waals surface area (Å²) in [5, 5.41) is 11.8. The summed E-state index contributed by atoms with van der Waals surface area (Å²) in [7, 11) is 1.26. The number of likely N-dealkylation sites (tertiary alicyclic amines) is 1. The van der Waals surface area contributed by atoms with Gasteiger partial charge in [0.05, 0.1) is 25.1 Å². The van der Waals surface area contributed by atoms with Crippen LogP contribution in [-0.4, -0.2) is 55.9 Å². The van der Waals surface area contributed by atoms with Gasteiger partial charge in [0.2, 0.25) is 0 Å². The molecule has 0 unspecified atom stereocenters. The first kappa shape index (κ1) is 24.3. The predicted molar refractivity (Wildman–Crippen MR) is 129 cm³/mol. The molecule has 10 heteroatoms. The van der Waals surface area contributed by atoms with E-state index in [1.165, 1.54) is 12.0 Å². The zero-order chi connectivity index (χ0) is 25.3. The molecule has 3 heterocycles. The first-order chi connectivity index (χ1) is 16.7. The van der Waals surface area contributed by atoms with Crippen molar-refractivity contribution in [3.8, 4) is 0 Å². The van der Waals surface area contributed by atoms with Gasteiger partial charge in [-0.3, -0.25) is 9.59 Å². The minimum absolute atomic E-state index is 0.0542. The third-order valence-electron chi connectivity index (χ3n) is 6.14. The number of aliphatic hydroxyl groups excluding tert-OH is 1. The first-order valence-corrected chi connectivity index (χ1v) is 11.4. The molecule has 1 fully saturated rings. The highest BCUT2D eigenvalue weighted by atomic mass is 35.5. The topological polar surface area (TPSA) is 118 Å². The van der Waals surface area contributed by atoms with Crippen LogP contribution >= 0.6 is 11.6 Å². The Morgan fingerprint density at radius 2 is 2.03 bits per heavy atom. The van der Waals surface area contributed by atoms with E-state index in [1.54, 1.807) is 50.6 Å². The number of methoxy groups -OCH3 is 1. The molecule has 35 heavy (non-hydrogen) atoms. The lowest BCUT2D eigenvalue weighted by atomic mass is 9.94. The van der Waals surface area contributed by atoms with Crippen LogP contribution in [0.5, 0.6) is 0 Å². The fraction of sp³-hybridized carbons (Fsp3) is 0.280. The van der Waals surface area contributed by atoms with Crippen molar-refractivity contribution in [2.75, 3.05) is 13.7 Å². The van der Waals surface area contributed by atoms with Gasteiger partial charge in [-0.05, 0) is 43.5 Å². The Balaban J connectivity index is 1.80. The van der Waals surface area contributed by atoms with E-state index in [4.69, 9.17) is 16.3 Å². The van der Waals surface area contributed by atoms with Crippen LogP contribution in [0.1, 0.15) is 45.3 Å². The highest BCUT2D eigenvalue weighted by molar-refractivity contribution is 6.46. The summed E-state index contributed by atoms with van der Waals surface area (Å²) in [6.07, 6.45) is 5.73. The number of amides is 1. The molecule has 0 spiro atoms. The zero-order valence-corrected chi connectivity index (χ0v) is 20.3. The fourth-order valence-corrected chi connectivity index (χ4v) is 4.72. The smallest absolute Gasteiger partial charge is 0.354 e. The Kier molecular flexibility index (Phi) is 6.79. The van der Waals surface area contributed by atoms with Crippen LogP contribution in [0.3, 0.4) is 0 Å². The second-order valence-electron chi connectivity index (χ2n) is 8.32. The van der Waals surface area contributed by atoms with Gasteiger partial charge in [0.25, 0.3) is 11.7 Å². The van der Waals surface area contributed by atoms with E-state index in [-0.39, 0.29) is 29.1 Å². The number of ketones is 1. The predicted octanol–water partition coefficient (Wildman–Crippen LogP) is 3.78. The molecular formula is C25H25ClN4O5. The van der Waals surface area contributed by atoms with Crippen LogP contribution in [0, 0.1) is 13.8 Å². The van der Waals surface area contributed by atoms with Gasteiger partial charge in [-0.25, -0.2) is 9.78 Å². The molecule has 0 bridgehead atoms. The van der Waals surface area contributed by atoms with E-state index in [0.717, 1.165) is 0 Å². The maximum absolute atomic E-state index is 13.3. The number of hydrogen-bond donors (Lipinski definition) is 2. The average Bonchev–Trinajstić information content (AvgIpc) is 3.52. The number of aromatic amines is 1. The quantitative estimate of drug-likeness (QED) is 0.222. The van der Waals surface area contributed by atoms with E-state index in [2.05, 4.69) is 9.97 Å². The Hall–Kier alpha value is -3.85. The average molecular weight is 497 g/mol. The summed E-state index contributed by atoms with van der Waals surface area (Å²) in [5.74, 6) is -2.46. The number of imidazole rings is 1. The van der Waals surface area contributed by atoms with E-state index in [9.17, 15) is 19.5 Å². The number of rotatable bonds is 7. The Morgan fingerprint density at radius 1 is 1.26 bits per heavy atom. The molecule has 3 aromatic rings. The van der Waals surface area contributed by atoms with Gasteiger partial charge in [-0.15, -0.1) is 0 Å². The van der Waals surface area contributed by atoms with Crippen LogP contribution in [0.25, 0.3) is 5.76 Å². The first-order valence-electron chi connectivity index (χ1n) is 11.0. The molecule has 4 rings (SSSR count). The second kappa shape index (κ2) is 9.79.